The number of halogens is 1. The van der Waals surface area contributed by atoms with Gasteiger partial charge in [0.05, 0.1) is 0 Å². The zero-order valence-electron chi connectivity index (χ0n) is 13.0. The van der Waals surface area contributed by atoms with Crippen LogP contribution in [-0.4, -0.2) is 30.9 Å². The van der Waals surface area contributed by atoms with Gasteiger partial charge in [-0.05, 0) is 71.7 Å². The van der Waals surface area contributed by atoms with Gasteiger partial charge in [0.1, 0.15) is 0 Å². The lowest BCUT2D eigenvalue weighted by atomic mass is 10.1. The first kappa shape index (κ1) is 16.7. The summed E-state index contributed by atoms with van der Waals surface area (Å²) in [7, 11) is 0. The maximum Gasteiger partial charge on any atom is 0.291 e. The number of furan rings is 1. The molecule has 126 valence electrons. The molecule has 0 unspecified atom stereocenters. The predicted molar refractivity (Wildman–Crippen MR) is 94.2 cm³/mol. The van der Waals surface area contributed by atoms with Gasteiger partial charge in [-0.1, -0.05) is 0 Å². The average molecular weight is 392 g/mol. The quantitative estimate of drug-likeness (QED) is 0.747. The molecule has 1 atom stereocenters. The van der Waals surface area contributed by atoms with Crippen molar-refractivity contribution in [2.75, 3.05) is 18.4 Å². The summed E-state index contributed by atoms with van der Waals surface area (Å²) in [5.74, 6) is -0.226. The Labute approximate surface area is 148 Å². The van der Waals surface area contributed by atoms with E-state index in [1.54, 1.807) is 36.4 Å². The maximum atomic E-state index is 12.2. The van der Waals surface area contributed by atoms with Crippen LogP contribution in [0.4, 0.5) is 5.69 Å². The molecule has 3 N–H and O–H groups in total. The lowest BCUT2D eigenvalue weighted by molar-refractivity contribution is 0.0930. The minimum absolute atomic E-state index is 0.100. The van der Waals surface area contributed by atoms with Crippen LogP contribution in [0.2, 0.25) is 0 Å². The molecule has 0 aliphatic carbocycles. The molecular formula is C17H18BrN3O3. The van der Waals surface area contributed by atoms with Crippen molar-refractivity contribution in [3.8, 4) is 0 Å². The summed E-state index contributed by atoms with van der Waals surface area (Å²) in [6.45, 7) is 1.81. The summed E-state index contributed by atoms with van der Waals surface area (Å²) in [5, 5.41) is 9.00. The molecule has 1 aliphatic rings. The van der Waals surface area contributed by atoms with Gasteiger partial charge in [0.15, 0.2) is 10.4 Å². The Morgan fingerprint density at radius 1 is 1.12 bits per heavy atom. The van der Waals surface area contributed by atoms with E-state index in [-0.39, 0.29) is 23.6 Å². The fourth-order valence-electron chi connectivity index (χ4n) is 2.58. The number of nitrogens with one attached hydrogen (secondary N) is 3. The molecule has 6 nitrogen and oxygen atoms in total. The van der Waals surface area contributed by atoms with Gasteiger partial charge in [-0.15, -0.1) is 0 Å². The molecule has 2 aromatic rings. The van der Waals surface area contributed by atoms with Crippen LogP contribution in [0.15, 0.2) is 45.5 Å². The first-order valence-electron chi connectivity index (χ1n) is 7.80. The first-order chi connectivity index (χ1) is 11.6. The third-order valence-corrected chi connectivity index (χ3v) is 4.26. The summed E-state index contributed by atoms with van der Waals surface area (Å²) in [4.78, 5) is 24.2. The Hall–Kier alpha value is -2.12. The molecule has 2 amide bonds. The smallest absolute Gasteiger partial charge is 0.291 e. The Balaban J connectivity index is 1.58. The number of anilines is 1. The summed E-state index contributed by atoms with van der Waals surface area (Å²) in [6, 6.07) is 10.2. The van der Waals surface area contributed by atoms with Gasteiger partial charge in [-0.25, -0.2) is 0 Å². The van der Waals surface area contributed by atoms with E-state index in [2.05, 4.69) is 31.9 Å². The monoisotopic (exact) mass is 391 g/mol. The number of carbonyl (C=O) groups is 2. The molecule has 0 radical (unpaired) electrons. The SMILES string of the molecule is O=C(N[C@H]1CCCNC1)c1ccc(NC(=O)c2ccc(Br)o2)cc1. The highest BCUT2D eigenvalue weighted by Crippen LogP contribution is 2.16. The van der Waals surface area contributed by atoms with Crippen molar-refractivity contribution in [2.24, 2.45) is 0 Å². The fraction of sp³-hybridized carbons (Fsp3) is 0.294. The lowest BCUT2D eigenvalue weighted by Crippen LogP contribution is -2.45. The number of amides is 2. The van der Waals surface area contributed by atoms with Crippen LogP contribution in [0.1, 0.15) is 33.8 Å². The molecule has 0 spiro atoms. The third kappa shape index (κ3) is 4.24. The molecule has 2 heterocycles. The number of carbonyl (C=O) groups excluding carboxylic acids is 2. The van der Waals surface area contributed by atoms with Gasteiger partial charge in [0.2, 0.25) is 0 Å². The van der Waals surface area contributed by atoms with Gasteiger partial charge in [-0.3, -0.25) is 9.59 Å². The molecule has 7 heteroatoms. The Kier molecular flexibility index (Phi) is 5.32. The van der Waals surface area contributed by atoms with E-state index in [4.69, 9.17) is 4.42 Å². The average Bonchev–Trinajstić information content (AvgIpc) is 3.03. The number of benzene rings is 1. The van der Waals surface area contributed by atoms with Crippen LogP contribution >= 0.6 is 15.9 Å². The number of rotatable bonds is 4. The van der Waals surface area contributed by atoms with Gasteiger partial charge < -0.3 is 20.4 Å². The van der Waals surface area contributed by atoms with E-state index in [0.29, 0.717) is 15.9 Å². The second-order valence-corrected chi connectivity index (χ2v) is 6.43. The molecule has 1 aromatic heterocycles. The highest BCUT2D eigenvalue weighted by molar-refractivity contribution is 9.10. The molecule has 0 saturated carbocycles. The zero-order valence-corrected chi connectivity index (χ0v) is 14.6. The first-order valence-corrected chi connectivity index (χ1v) is 8.59. The van der Waals surface area contributed by atoms with E-state index in [9.17, 15) is 9.59 Å². The minimum Gasteiger partial charge on any atom is -0.444 e. The second kappa shape index (κ2) is 7.63. The largest absolute Gasteiger partial charge is 0.444 e. The molecule has 1 aliphatic heterocycles. The van der Waals surface area contributed by atoms with Gasteiger partial charge in [-0.2, -0.15) is 0 Å². The molecule has 24 heavy (non-hydrogen) atoms. The van der Waals surface area contributed by atoms with Crippen molar-refractivity contribution in [3.63, 3.8) is 0 Å². The van der Waals surface area contributed by atoms with Crippen LogP contribution in [-0.2, 0) is 0 Å². The van der Waals surface area contributed by atoms with Gasteiger partial charge in [0.25, 0.3) is 11.8 Å². The maximum absolute atomic E-state index is 12.2. The molecular weight excluding hydrogens is 374 g/mol. The van der Waals surface area contributed by atoms with E-state index in [1.165, 1.54) is 0 Å². The normalized spacial score (nSPS) is 17.3. The van der Waals surface area contributed by atoms with Crippen LogP contribution < -0.4 is 16.0 Å². The Morgan fingerprint density at radius 2 is 1.92 bits per heavy atom. The van der Waals surface area contributed by atoms with Crippen molar-refractivity contribution >= 4 is 33.4 Å². The molecule has 1 fully saturated rings. The standard InChI is InChI=1S/C17H18BrN3O3/c18-15-8-7-14(24-15)17(23)20-12-5-3-11(4-6-12)16(22)21-13-2-1-9-19-10-13/h3-8,13,19H,1-2,9-10H2,(H,20,23)(H,21,22)/t13-/m0/s1. The van der Waals surface area contributed by atoms with E-state index < -0.39 is 0 Å². The summed E-state index contributed by atoms with van der Waals surface area (Å²) in [6.07, 6.45) is 2.06. The van der Waals surface area contributed by atoms with Crippen molar-refractivity contribution < 1.29 is 14.0 Å². The van der Waals surface area contributed by atoms with Crippen molar-refractivity contribution in [1.29, 1.82) is 0 Å². The van der Waals surface area contributed by atoms with Gasteiger partial charge >= 0.3 is 0 Å². The second-order valence-electron chi connectivity index (χ2n) is 5.65. The predicted octanol–water partition coefficient (Wildman–Crippen LogP) is 2.78. The topological polar surface area (TPSA) is 83.4 Å². The summed E-state index contributed by atoms with van der Waals surface area (Å²) < 4.78 is 5.70. The summed E-state index contributed by atoms with van der Waals surface area (Å²) in [5.41, 5.74) is 1.17. The highest BCUT2D eigenvalue weighted by atomic mass is 79.9. The van der Waals surface area contributed by atoms with Crippen molar-refractivity contribution in [3.05, 3.63) is 52.4 Å². The van der Waals surface area contributed by atoms with E-state index in [0.717, 1.165) is 25.9 Å². The fourth-order valence-corrected chi connectivity index (χ4v) is 2.88. The molecule has 3 rings (SSSR count). The Bertz CT molecular complexity index is 721. The zero-order chi connectivity index (χ0) is 16.9. The van der Waals surface area contributed by atoms with Crippen molar-refractivity contribution in [2.45, 2.75) is 18.9 Å². The number of hydrogen-bond acceptors (Lipinski definition) is 4. The lowest BCUT2D eigenvalue weighted by Gasteiger charge is -2.23. The minimum atomic E-state index is -0.341. The molecule has 1 aromatic carbocycles. The van der Waals surface area contributed by atoms with Crippen LogP contribution in [0.5, 0.6) is 0 Å². The third-order valence-electron chi connectivity index (χ3n) is 3.83. The van der Waals surface area contributed by atoms with Crippen LogP contribution in [0, 0.1) is 0 Å². The van der Waals surface area contributed by atoms with Crippen LogP contribution in [0.25, 0.3) is 0 Å². The van der Waals surface area contributed by atoms with Crippen molar-refractivity contribution in [1.82, 2.24) is 10.6 Å². The van der Waals surface area contributed by atoms with E-state index >= 15 is 0 Å². The molecule has 1 saturated heterocycles. The molecule has 0 bridgehead atoms. The van der Waals surface area contributed by atoms with Crippen LogP contribution in [0.3, 0.4) is 0 Å². The Morgan fingerprint density at radius 3 is 2.54 bits per heavy atom. The highest BCUT2D eigenvalue weighted by Gasteiger charge is 2.16. The van der Waals surface area contributed by atoms with Gasteiger partial charge in [0, 0.05) is 23.8 Å². The number of piperidine rings is 1. The number of hydrogen-bond donors (Lipinski definition) is 3. The summed E-state index contributed by atoms with van der Waals surface area (Å²) >= 11 is 3.16. The van der Waals surface area contributed by atoms with E-state index in [1.807, 2.05) is 0 Å².